The number of nitrogens with one attached hydrogen (secondary N) is 8. The SMILES string of the molecule is C=CCC(C(=O)NC(C)C)C(C)(C)C.C=CCC(C(=O)NC(C)C)C(C)C.C=CCC(CC(=C)C)C(=O)NC(C)C.C=CCC(CC(C)(C)C)C(=O)NC(C)C.C=CCC(CC1CC1)C(=O)NC(C)C.C=CCC(CC1CC1C)C(=O)NC(C)C.C=CCC(CC1CCC1)C(=O)NC(C)C.C=CCC(CC1CCCC1)C(=O)NC(C)C. The van der Waals surface area contributed by atoms with E-state index < -0.39 is 0 Å². The molecule has 0 aliphatic heterocycles. The molecule has 4 aliphatic rings. The van der Waals surface area contributed by atoms with Crippen LogP contribution in [-0.4, -0.2) is 95.6 Å². The van der Waals surface area contributed by atoms with Crippen molar-refractivity contribution in [2.24, 2.45) is 93.7 Å². The number of amides is 8. The van der Waals surface area contributed by atoms with Crippen LogP contribution in [0.4, 0.5) is 0 Å². The van der Waals surface area contributed by atoms with Crippen LogP contribution in [0, 0.1) is 93.7 Å². The Morgan fingerprint density at radius 1 is 0.336 bits per heavy atom. The predicted octanol–water partition coefficient (Wildman–Crippen LogP) is 22.3. The maximum absolute atomic E-state index is 12.0. The number of rotatable bonds is 44. The van der Waals surface area contributed by atoms with Gasteiger partial charge in [0, 0.05) is 95.7 Å². The average molecular weight is 1620 g/mol. The molecule has 4 rings (SSSR count). The summed E-state index contributed by atoms with van der Waals surface area (Å²) in [6.07, 6.45) is 39.9. The van der Waals surface area contributed by atoms with Crippen LogP contribution >= 0.6 is 0 Å². The number of allylic oxidation sites excluding steroid dienone is 9. The minimum Gasteiger partial charge on any atom is -0.354 e. The van der Waals surface area contributed by atoms with Gasteiger partial charge in [-0.05, 0) is 260 Å². The summed E-state index contributed by atoms with van der Waals surface area (Å²) < 4.78 is 0. The second-order valence-corrected chi connectivity index (χ2v) is 38.7. The largest absolute Gasteiger partial charge is 0.354 e. The molecule has 10 atom stereocenters. The van der Waals surface area contributed by atoms with Crippen LogP contribution in [0.3, 0.4) is 0 Å². The molecule has 0 aromatic rings. The van der Waals surface area contributed by atoms with Gasteiger partial charge in [-0.2, -0.15) is 0 Å². The lowest BCUT2D eigenvalue weighted by Crippen LogP contribution is -2.40. The van der Waals surface area contributed by atoms with Crippen LogP contribution in [0.25, 0.3) is 0 Å². The van der Waals surface area contributed by atoms with E-state index >= 15 is 0 Å². The van der Waals surface area contributed by atoms with Crippen LogP contribution in [0.2, 0.25) is 0 Å². The van der Waals surface area contributed by atoms with Crippen LogP contribution in [-0.2, 0) is 38.4 Å². The predicted molar refractivity (Wildman–Crippen MR) is 498 cm³/mol. The molecule has 16 heteroatoms. The van der Waals surface area contributed by atoms with Crippen molar-refractivity contribution in [1.29, 1.82) is 0 Å². The lowest BCUT2D eigenvalue weighted by atomic mass is 9.78. The zero-order valence-corrected chi connectivity index (χ0v) is 79.4. The zero-order chi connectivity index (χ0) is 90.2. The van der Waals surface area contributed by atoms with E-state index in [1.807, 2.05) is 160 Å². The van der Waals surface area contributed by atoms with Gasteiger partial charge in [-0.1, -0.05) is 174 Å². The van der Waals surface area contributed by atoms with Gasteiger partial charge < -0.3 is 42.5 Å². The fourth-order valence-corrected chi connectivity index (χ4v) is 13.9. The van der Waals surface area contributed by atoms with E-state index in [2.05, 4.69) is 164 Å². The Morgan fingerprint density at radius 3 is 0.828 bits per heavy atom. The molecule has 0 saturated heterocycles. The smallest absolute Gasteiger partial charge is 0.224 e. The third-order valence-corrected chi connectivity index (χ3v) is 20.3. The summed E-state index contributed by atoms with van der Waals surface area (Å²) in [7, 11) is 0. The van der Waals surface area contributed by atoms with Gasteiger partial charge in [0.2, 0.25) is 47.3 Å². The first kappa shape index (κ1) is 116. The molecule has 0 aromatic carbocycles. The molecule has 4 fully saturated rings. The van der Waals surface area contributed by atoms with Gasteiger partial charge in [-0.25, -0.2) is 0 Å². The summed E-state index contributed by atoms with van der Waals surface area (Å²) in [5, 5.41) is 23.7. The summed E-state index contributed by atoms with van der Waals surface area (Å²) in [5.74, 6) is 6.39. The Labute approximate surface area is 713 Å². The van der Waals surface area contributed by atoms with E-state index in [0.29, 0.717) is 12.3 Å². The van der Waals surface area contributed by atoms with Crippen molar-refractivity contribution in [3.05, 3.63) is 113 Å². The van der Waals surface area contributed by atoms with Crippen molar-refractivity contribution < 1.29 is 38.4 Å². The Kier molecular flexibility index (Phi) is 65.1. The third kappa shape index (κ3) is 63.5. The molecule has 0 aromatic heterocycles. The number of hydrogen-bond donors (Lipinski definition) is 8. The molecule has 8 amide bonds. The molecule has 8 N–H and O–H groups in total. The first-order chi connectivity index (χ1) is 53.9. The maximum atomic E-state index is 12.0. The fraction of sp³-hybridized carbons (Fsp3) is 0.740. The number of carbonyl (C=O) groups is 8. The molecular formula is C100H182N8O8. The molecule has 0 spiro atoms. The zero-order valence-electron chi connectivity index (χ0n) is 79.4. The van der Waals surface area contributed by atoms with Gasteiger partial charge >= 0.3 is 0 Å². The van der Waals surface area contributed by atoms with Gasteiger partial charge in [-0.15, -0.1) is 59.2 Å². The summed E-state index contributed by atoms with van der Waals surface area (Å²) in [6.45, 7) is 86.4. The highest BCUT2D eigenvalue weighted by Crippen LogP contribution is 2.43. The quantitative estimate of drug-likeness (QED) is 0.0273. The normalized spacial score (nSPS) is 16.9. The first-order valence-corrected chi connectivity index (χ1v) is 44.9. The Hall–Kier alpha value is -6.58. The number of carbonyl (C=O) groups excluding carboxylic acids is 8. The minimum absolute atomic E-state index is 0.00678. The summed E-state index contributed by atoms with van der Waals surface area (Å²) in [5.41, 5.74) is 1.21. The second-order valence-electron chi connectivity index (χ2n) is 38.7. The monoisotopic (exact) mass is 1620 g/mol. The molecule has 670 valence electrons. The van der Waals surface area contributed by atoms with Gasteiger partial charge in [0.05, 0.1) is 0 Å². The van der Waals surface area contributed by atoms with Crippen molar-refractivity contribution in [2.75, 3.05) is 0 Å². The number of hydrogen-bond acceptors (Lipinski definition) is 8. The second kappa shape index (κ2) is 65.3. The van der Waals surface area contributed by atoms with E-state index in [-0.39, 0.29) is 154 Å². The molecule has 116 heavy (non-hydrogen) atoms. The van der Waals surface area contributed by atoms with Crippen LogP contribution < -0.4 is 42.5 Å². The summed E-state index contributed by atoms with van der Waals surface area (Å²) >= 11 is 0. The molecule has 0 bridgehead atoms. The molecule has 0 heterocycles. The van der Waals surface area contributed by atoms with Crippen LogP contribution in [0.5, 0.6) is 0 Å². The lowest BCUT2D eigenvalue weighted by Gasteiger charge is -2.29. The van der Waals surface area contributed by atoms with E-state index in [1.54, 1.807) is 6.08 Å². The first-order valence-electron chi connectivity index (χ1n) is 44.9. The summed E-state index contributed by atoms with van der Waals surface area (Å²) in [6, 6.07) is 1.80. The van der Waals surface area contributed by atoms with Crippen molar-refractivity contribution in [1.82, 2.24) is 42.5 Å². The lowest BCUT2D eigenvalue weighted by molar-refractivity contribution is -0.129. The van der Waals surface area contributed by atoms with E-state index in [9.17, 15) is 38.4 Å². The van der Waals surface area contributed by atoms with Crippen molar-refractivity contribution >= 4 is 47.3 Å². The van der Waals surface area contributed by atoms with Gasteiger partial charge in [0.25, 0.3) is 0 Å². The molecule has 4 saturated carbocycles. The third-order valence-electron chi connectivity index (χ3n) is 20.3. The van der Waals surface area contributed by atoms with E-state index in [0.717, 1.165) is 119 Å². The van der Waals surface area contributed by atoms with E-state index in [1.165, 1.54) is 64.2 Å². The van der Waals surface area contributed by atoms with E-state index in [4.69, 9.17) is 0 Å². The van der Waals surface area contributed by atoms with Crippen LogP contribution in [0.15, 0.2) is 113 Å². The molecular weight excluding hydrogens is 1440 g/mol. The van der Waals surface area contributed by atoms with Crippen molar-refractivity contribution in [3.63, 3.8) is 0 Å². The highest BCUT2D eigenvalue weighted by molar-refractivity contribution is 5.82. The van der Waals surface area contributed by atoms with Crippen LogP contribution in [0.1, 0.15) is 334 Å². The average Bonchev–Trinajstić information content (AvgIpc) is 1.81. The molecule has 16 nitrogen and oxygen atoms in total. The highest BCUT2D eigenvalue weighted by atomic mass is 16.2. The summed E-state index contributed by atoms with van der Waals surface area (Å²) in [4.78, 5) is 94.4. The van der Waals surface area contributed by atoms with Gasteiger partial charge in [0.15, 0.2) is 0 Å². The molecule has 4 aliphatic carbocycles. The standard InChI is InChI=1S/C14H25NO.2C13H23NO.C13H25NO.C12H21NO.C12H23NO.C12H21NO.C11H21NO/c1-4-7-13(14(16)15-11(2)3)10-12-8-5-6-9-12;1-5-6-11(8-12-7-10(12)4)13(15)14-9(2)3;1-4-6-12(9-11-7-5-8-11)13(15)14-10(2)3;1-7-8-11(9-13(4,5)6)12(15)14-10(2)3;1-4-5-11(8-10-6-7-10)12(14)13-9(2)3;1-7-8-10(12(4,5)6)11(14)13-9(2)3;1-6-7-11(8-9(2)3)12(14)13-10(4)5;1-6-7-10(8(2)3)11(13)12-9(4)5/h4,11-13H,1,5-10H2,2-3H3,(H,15,16);5,9-12H,1,6-8H2,2-4H3,(H,14,15);4,10-12H,1,5-9H2,2-3H3,(H,14,15);7,10-11H,1,8-9H2,2-6H3,(H,14,15);4,9-11H,1,5-8H2,2-3H3,(H,13,14);7,9-10H,1,8H2,2-6H3,(H,13,14);6,10-11H,1-2,7-8H2,3-5H3,(H,13,14);6,8-10H,1,7H2,2-5H3,(H,12,13). The Morgan fingerprint density at radius 2 is 0.586 bits per heavy atom. The Bertz CT molecular complexity index is 2780. The van der Waals surface area contributed by atoms with Gasteiger partial charge in [0.1, 0.15) is 0 Å². The van der Waals surface area contributed by atoms with Crippen molar-refractivity contribution in [2.45, 2.75) is 382 Å². The topological polar surface area (TPSA) is 233 Å². The van der Waals surface area contributed by atoms with Crippen molar-refractivity contribution in [3.8, 4) is 0 Å². The minimum atomic E-state index is -0.00704. The molecule has 0 radical (unpaired) electrons. The highest BCUT2D eigenvalue weighted by Gasteiger charge is 2.37. The molecule has 10 unspecified atom stereocenters. The Balaban J connectivity index is -0.000000618. The van der Waals surface area contributed by atoms with Gasteiger partial charge in [-0.3, -0.25) is 38.4 Å². The fourth-order valence-electron chi connectivity index (χ4n) is 13.9. The maximum Gasteiger partial charge on any atom is 0.224 e.